The van der Waals surface area contributed by atoms with Crippen LogP contribution in [-0.4, -0.2) is 33.1 Å². The summed E-state index contributed by atoms with van der Waals surface area (Å²) in [5, 5.41) is 21.1. The first-order valence-corrected chi connectivity index (χ1v) is 11.7. The third-order valence-corrected chi connectivity index (χ3v) is 6.74. The van der Waals surface area contributed by atoms with E-state index >= 15 is 0 Å². The molecule has 0 bridgehead atoms. The smallest absolute Gasteiger partial charge is 0.315 e. The summed E-state index contributed by atoms with van der Waals surface area (Å²) in [5.41, 5.74) is 3.68. The number of non-ortho nitro benzene ring substituents is 1. The quantitative estimate of drug-likeness (QED) is 0.265. The number of amides is 1. The summed E-state index contributed by atoms with van der Waals surface area (Å²) in [4.78, 5) is 41.3. The molecule has 1 unspecified atom stereocenters. The van der Waals surface area contributed by atoms with Gasteiger partial charge in [-0.25, -0.2) is 4.99 Å². The van der Waals surface area contributed by atoms with Crippen LogP contribution >= 0.6 is 0 Å². The van der Waals surface area contributed by atoms with Crippen LogP contribution in [-0.2, 0) is 10.2 Å². The molecule has 1 amide bonds. The van der Waals surface area contributed by atoms with Gasteiger partial charge in [0.15, 0.2) is 0 Å². The number of nitro benzene ring substituents is 1. The zero-order valence-electron chi connectivity index (χ0n) is 20.6. The first-order valence-electron chi connectivity index (χ1n) is 11.7. The van der Waals surface area contributed by atoms with Gasteiger partial charge < -0.3 is 5.11 Å². The van der Waals surface area contributed by atoms with Gasteiger partial charge in [-0.05, 0) is 60.4 Å². The lowest BCUT2D eigenvalue weighted by Gasteiger charge is -2.28. The molecule has 2 heterocycles. The molecule has 1 atom stereocenters. The zero-order chi connectivity index (χ0) is 26.7. The van der Waals surface area contributed by atoms with Crippen LogP contribution in [0.4, 0.5) is 5.69 Å². The fourth-order valence-electron chi connectivity index (χ4n) is 4.02. The molecule has 0 saturated carbocycles. The van der Waals surface area contributed by atoms with E-state index in [1.807, 2.05) is 62.4 Å². The van der Waals surface area contributed by atoms with Gasteiger partial charge in [0.1, 0.15) is 5.41 Å². The average molecular weight is 496 g/mol. The van der Waals surface area contributed by atoms with Crippen LogP contribution < -0.4 is 0 Å². The third kappa shape index (κ3) is 4.99. The molecule has 1 N–H and O–H groups in total. The van der Waals surface area contributed by atoms with Crippen LogP contribution in [0.3, 0.4) is 0 Å². The number of para-hydroxylation sites is 1. The minimum atomic E-state index is -0.954. The molecular formula is C29H25N3O5. The number of aliphatic carboxylic acids is 1. The molecule has 8 nitrogen and oxygen atoms in total. The molecule has 0 fully saturated rings. The second kappa shape index (κ2) is 10.1. The van der Waals surface area contributed by atoms with Gasteiger partial charge in [0.05, 0.1) is 21.7 Å². The lowest BCUT2D eigenvalue weighted by atomic mass is 9.76. The third-order valence-electron chi connectivity index (χ3n) is 6.74. The van der Waals surface area contributed by atoms with Gasteiger partial charge in [-0.1, -0.05) is 44.2 Å². The summed E-state index contributed by atoms with van der Waals surface area (Å²) in [5.74, 6) is -1.09. The van der Waals surface area contributed by atoms with E-state index in [-0.39, 0.29) is 17.5 Å². The minimum Gasteiger partial charge on any atom is -0.481 e. The van der Waals surface area contributed by atoms with Crippen LogP contribution in [0.2, 0.25) is 0 Å². The van der Waals surface area contributed by atoms with Gasteiger partial charge in [0.25, 0.3) is 11.6 Å². The fourth-order valence-corrected chi connectivity index (χ4v) is 4.02. The van der Waals surface area contributed by atoms with Crippen LogP contribution in [0.25, 0.3) is 22.0 Å². The summed E-state index contributed by atoms with van der Waals surface area (Å²) >= 11 is 0. The Balaban J connectivity index is 0.000000173. The number of aromatic nitrogens is 1. The molecule has 0 saturated heterocycles. The SMILES string of the molecule is CC(C)C(C)(C(=O)O)c1ccc2ccccc2n1.O=C1N=Cc2cc(-c3ccc([N+](=O)[O-])cc3)ccc21. The van der Waals surface area contributed by atoms with E-state index in [4.69, 9.17) is 0 Å². The van der Waals surface area contributed by atoms with Gasteiger partial charge in [-0.15, -0.1) is 0 Å². The van der Waals surface area contributed by atoms with Crippen LogP contribution in [0.1, 0.15) is 42.4 Å². The normalized spacial score (nSPS) is 13.6. The van der Waals surface area contributed by atoms with Crippen molar-refractivity contribution < 1.29 is 19.6 Å². The van der Waals surface area contributed by atoms with E-state index in [2.05, 4.69) is 9.98 Å². The van der Waals surface area contributed by atoms with Crippen molar-refractivity contribution in [3.05, 3.63) is 106 Å². The summed E-state index contributed by atoms with van der Waals surface area (Å²) in [6.07, 6.45) is 1.53. The Labute approximate surface area is 213 Å². The van der Waals surface area contributed by atoms with Crippen molar-refractivity contribution in [3.8, 4) is 11.1 Å². The number of hydrogen-bond acceptors (Lipinski definition) is 5. The number of carbonyl (C=O) groups is 2. The topological polar surface area (TPSA) is 123 Å². The molecule has 37 heavy (non-hydrogen) atoms. The van der Waals surface area contributed by atoms with Crippen molar-refractivity contribution in [2.75, 3.05) is 0 Å². The minimum absolute atomic E-state index is 0.0244. The molecule has 5 rings (SSSR count). The molecule has 1 aromatic heterocycles. The van der Waals surface area contributed by atoms with Gasteiger partial charge in [-0.2, -0.15) is 0 Å². The number of carboxylic acid groups (broad SMARTS) is 1. The monoisotopic (exact) mass is 495 g/mol. The van der Waals surface area contributed by atoms with Crippen molar-refractivity contribution in [2.24, 2.45) is 10.9 Å². The van der Waals surface area contributed by atoms with E-state index in [0.717, 1.165) is 27.6 Å². The molecule has 0 aliphatic carbocycles. The number of benzene rings is 3. The first-order chi connectivity index (χ1) is 17.6. The van der Waals surface area contributed by atoms with Crippen molar-refractivity contribution in [3.63, 3.8) is 0 Å². The Bertz CT molecular complexity index is 1540. The van der Waals surface area contributed by atoms with E-state index in [1.54, 1.807) is 25.1 Å². The standard InChI is InChI=1S/C15H17NO2.C14H8N2O3/c1-10(2)15(3,14(17)18)13-9-8-11-6-4-5-7-12(11)16-13;17-14-13-6-3-10(7-11(13)8-15-14)9-1-4-12(5-2-9)16(18)19/h4-10H,1-3H3,(H,17,18);1-8H. The highest BCUT2D eigenvalue weighted by atomic mass is 16.6. The Kier molecular flexibility index (Phi) is 6.93. The molecular weight excluding hydrogens is 470 g/mol. The molecule has 3 aromatic carbocycles. The molecule has 8 heteroatoms. The van der Waals surface area contributed by atoms with Crippen molar-refractivity contribution in [1.82, 2.24) is 4.98 Å². The second-order valence-electron chi connectivity index (χ2n) is 9.22. The lowest BCUT2D eigenvalue weighted by Crippen LogP contribution is -2.38. The van der Waals surface area contributed by atoms with Gasteiger partial charge in [0.2, 0.25) is 0 Å². The Morgan fingerprint density at radius 2 is 1.65 bits per heavy atom. The van der Waals surface area contributed by atoms with Crippen molar-refractivity contribution >= 4 is 34.7 Å². The molecule has 4 aromatic rings. The Hall–Kier alpha value is -4.72. The number of fused-ring (bicyclic) bond motifs is 2. The Morgan fingerprint density at radius 3 is 2.30 bits per heavy atom. The van der Waals surface area contributed by atoms with Crippen LogP contribution in [0, 0.1) is 16.0 Å². The zero-order valence-corrected chi connectivity index (χ0v) is 20.6. The number of rotatable bonds is 5. The molecule has 0 spiro atoms. The number of nitrogens with zero attached hydrogens (tertiary/aromatic N) is 3. The van der Waals surface area contributed by atoms with E-state index in [9.17, 15) is 24.8 Å². The van der Waals surface area contributed by atoms with Gasteiger partial charge >= 0.3 is 5.97 Å². The number of aliphatic imine (C=N–C) groups is 1. The maximum Gasteiger partial charge on any atom is 0.315 e. The predicted octanol–water partition coefficient (Wildman–Crippen LogP) is 6.07. The number of carbonyl (C=O) groups excluding carboxylic acids is 1. The average Bonchev–Trinajstić information content (AvgIpc) is 3.28. The summed E-state index contributed by atoms with van der Waals surface area (Å²) < 4.78 is 0. The Morgan fingerprint density at radius 1 is 0.973 bits per heavy atom. The lowest BCUT2D eigenvalue weighted by molar-refractivity contribution is -0.384. The summed E-state index contributed by atoms with van der Waals surface area (Å²) in [6, 6.07) is 23.2. The van der Waals surface area contributed by atoms with E-state index in [0.29, 0.717) is 11.3 Å². The summed E-state index contributed by atoms with van der Waals surface area (Å²) in [7, 11) is 0. The van der Waals surface area contributed by atoms with Crippen molar-refractivity contribution in [1.29, 1.82) is 0 Å². The molecule has 186 valence electrons. The number of pyridine rings is 1. The van der Waals surface area contributed by atoms with Crippen LogP contribution in [0.15, 0.2) is 83.9 Å². The number of carboxylic acids is 1. The molecule has 1 aliphatic rings. The van der Waals surface area contributed by atoms with E-state index < -0.39 is 16.3 Å². The van der Waals surface area contributed by atoms with E-state index in [1.165, 1.54) is 18.3 Å². The van der Waals surface area contributed by atoms with Crippen LogP contribution in [0.5, 0.6) is 0 Å². The highest BCUT2D eigenvalue weighted by Gasteiger charge is 2.40. The maximum atomic E-state index is 11.6. The number of hydrogen-bond donors (Lipinski definition) is 1. The molecule has 1 aliphatic heterocycles. The summed E-state index contributed by atoms with van der Waals surface area (Å²) in [6.45, 7) is 5.55. The highest BCUT2D eigenvalue weighted by molar-refractivity contribution is 6.13. The second-order valence-corrected chi connectivity index (χ2v) is 9.22. The van der Waals surface area contributed by atoms with Crippen molar-refractivity contribution in [2.45, 2.75) is 26.2 Å². The predicted molar refractivity (Wildman–Crippen MR) is 142 cm³/mol. The highest BCUT2D eigenvalue weighted by Crippen LogP contribution is 2.32. The first kappa shape index (κ1) is 25.4. The molecule has 0 radical (unpaired) electrons. The maximum absolute atomic E-state index is 11.6. The largest absolute Gasteiger partial charge is 0.481 e. The van der Waals surface area contributed by atoms with Gasteiger partial charge in [0, 0.05) is 29.3 Å². The fraction of sp³-hybridized carbons (Fsp3) is 0.172. The van der Waals surface area contributed by atoms with Gasteiger partial charge in [-0.3, -0.25) is 24.7 Å². The number of nitro groups is 1.